The van der Waals surface area contributed by atoms with Crippen molar-refractivity contribution < 1.29 is 9.32 Å². The topological polar surface area (TPSA) is 80.9 Å². The molecule has 1 N–H and O–H groups in total. The van der Waals surface area contributed by atoms with E-state index in [2.05, 4.69) is 20.4 Å². The zero-order valence-electron chi connectivity index (χ0n) is 13.3. The summed E-state index contributed by atoms with van der Waals surface area (Å²) in [4.78, 5) is 20.4. The van der Waals surface area contributed by atoms with Gasteiger partial charge in [0.25, 0.3) is 5.89 Å². The molecule has 0 aliphatic carbocycles. The highest BCUT2D eigenvalue weighted by atomic mass is 32.2. The SMILES string of the molecule is Cc1cccc(NC(=O)CSc2noc(-c3cccnc3)n2)c1C. The van der Waals surface area contributed by atoms with Crippen LogP contribution in [0.3, 0.4) is 0 Å². The minimum absolute atomic E-state index is 0.110. The van der Waals surface area contributed by atoms with Crippen molar-refractivity contribution >= 4 is 23.4 Å². The second kappa shape index (κ2) is 7.27. The molecule has 0 radical (unpaired) electrons. The molecule has 2 aromatic heterocycles. The third-order valence-electron chi connectivity index (χ3n) is 3.53. The lowest BCUT2D eigenvalue weighted by Crippen LogP contribution is -2.15. The molecule has 6 nitrogen and oxygen atoms in total. The summed E-state index contributed by atoms with van der Waals surface area (Å²) in [5, 5.41) is 7.20. The van der Waals surface area contributed by atoms with Gasteiger partial charge in [-0.25, -0.2) is 0 Å². The highest BCUT2D eigenvalue weighted by Gasteiger charge is 2.12. The lowest BCUT2D eigenvalue weighted by molar-refractivity contribution is -0.113. The summed E-state index contributed by atoms with van der Waals surface area (Å²) in [6.45, 7) is 4.00. The molecule has 0 fully saturated rings. The van der Waals surface area contributed by atoms with Crippen molar-refractivity contribution in [1.29, 1.82) is 0 Å². The van der Waals surface area contributed by atoms with E-state index in [-0.39, 0.29) is 11.7 Å². The number of anilines is 1. The van der Waals surface area contributed by atoms with Gasteiger partial charge in [0.1, 0.15) is 0 Å². The first-order valence-corrected chi connectivity index (χ1v) is 8.35. The molecule has 1 amide bonds. The summed E-state index contributed by atoms with van der Waals surface area (Å²) < 4.78 is 5.18. The monoisotopic (exact) mass is 340 g/mol. The van der Waals surface area contributed by atoms with Crippen LogP contribution in [0.4, 0.5) is 5.69 Å². The van der Waals surface area contributed by atoms with Crippen LogP contribution in [-0.2, 0) is 4.79 Å². The number of hydrogen-bond donors (Lipinski definition) is 1. The van der Waals surface area contributed by atoms with Gasteiger partial charge in [-0.2, -0.15) is 4.98 Å². The number of aromatic nitrogens is 3. The van der Waals surface area contributed by atoms with Crippen molar-refractivity contribution in [3.8, 4) is 11.5 Å². The van der Waals surface area contributed by atoms with Crippen LogP contribution >= 0.6 is 11.8 Å². The Morgan fingerprint density at radius 3 is 2.92 bits per heavy atom. The van der Waals surface area contributed by atoms with Crippen molar-refractivity contribution in [2.75, 3.05) is 11.1 Å². The Morgan fingerprint density at radius 2 is 2.12 bits per heavy atom. The number of nitrogens with zero attached hydrogens (tertiary/aromatic N) is 3. The number of thioether (sulfide) groups is 1. The van der Waals surface area contributed by atoms with E-state index in [1.807, 2.05) is 38.1 Å². The average molecular weight is 340 g/mol. The molecule has 2 heterocycles. The van der Waals surface area contributed by atoms with E-state index in [1.54, 1.807) is 18.5 Å². The number of aryl methyl sites for hydroxylation is 1. The molecule has 122 valence electrons. The van der Waals surface area contributed by atoms with Gasteiger partial charge in [0.05, 0.1) is 11.3 Å². The third-order valence-corrected chi connectivity index (χ3v) is 4.36. The standard InChI is InChI=1S/C17H16N4O2S/c1-11-5-3-7-14(12(11)2)19-15(22)10-24-17-20-16(23-21-17)13-6-4-8-18-9-13/h3-9H,10H2,1-2H3,(H,19,22). The van der Waals surface area contributed by atoms with Crippen LogP contribution in [0.2, 0.25) is 0 Å². The van der Waals surface area contributed by atoms with Crippen molar-refractivity contribution in [2.45, 2.75) is 19.0 Å². The molecule has 7 heteroatoms. The molecular weight excluding hydrogens is 324 g/mol. The Hall–Kier alpha value is -2.67. The number of pyridine rings is 1. The van der Waals surface area contributed by atoms with Crippen molar-refractivity contribution in [3.63, 3.8) is 0 Å². The van der Waals surface area contributed by atoms with Crippen LogP contribution in [0.25, 0.3) is 11.5 Å². The Labute approximate surface area is 143 Å². The molecule has 0 saturated carbocycles. The zero-order valence-corrected chi connectivity index (χ0v) is 14.1. The number of carbonyl (C=O) groups is 1. The van der Waals surface area contributed by atoms with Gasteiger partial charge < -0.3 is 9.84 Å². The van der Waals surface area contributed by atoms with Crippen molar-refractivity contribution in [1.82, 2.24) is 15.1 Å². The fourth-order valence-corrected chi connectivity index (χ4v) is 2.65. The van der Waals surface area contributed by atoms with Crippen LogP contribution in [0.15, 0.2) is 52.4 Å². The molecule has 0 unspecified atom stereocenters. The van der Waals surface area contributed by atoms with Gasteiger partial charge in [-0.15, -0.1) is 0 Å². The molecule has 0 atom stereocenters. The van der Waals surface area contributed by atoms with Gasteiger partial charge in [-0.3, -0.25) is 9.78 Å². The molecule has 0 aliphatic rings. The van der Waals surface area contributed by atoms with Gasteiger partial charge in [0.15, 0.2) is 0 Å². The van der Waals surface area contributed by atoms with Gasteiger partial charge >= 0.3 is 0 Å². The van der Waals surface area contributed by atoms with Crippen LogP contribution in [0, 0.1) is 13.8 Å². The number of carbonyl (C=O) groups excluding carboxylic acids is 1. The van der Waals surface area contributed by atoms with Gasteiger partial charge in [-0.05, 0) is 48.3 Å². The molecular formula is C17H16N4O2S. The van der Waals surface area contributed by atoms with Crippen LogP contribution < -0.4 is 5.32 Å². The molecule has 1 aromatic carbocycles. The lowest BCUT2D eigenvalue weighted by Gasteiger charge is -2.09. The molecule has 0 bridgehead atoms. The van der Waals surface area contributed by atoms with E-state index in [0.717, 1.165) is 22.4 Å². The maximum atomic E-state index is 12.1. The highest BCUT2D eigenvalue weighted by molar-refractivity contribution is 7.99. The highest BCUT2D eigenvalue weighted by Crippen LogP contribution is 2.22. The Kier molecular flexibility index (Phi) is 4.90. The van der Waals surface area contributed by atoms with Gasteiger partial charge in [0, 0.05) is 18.1 Å². The number of hydrogen-bond acceptors (Lipinski definition) is 6. The molecule has 3 rings (SSSR count). The van der Waals surface area contributed by atoms with Gasteiger partial charge in [0.2, 0.25) is 11.1 Å². The molecule has 24 heavy (non-hydrogen) atoms. The predicted molar refractivity (Wildman–Crippen MR) is 92.8 cm³/mol. The second-order valence-corrected chi connectivity index (χ2v) is 6.15. The molecule has 0 spiro atoms. The van der Waals surface area contributed by atoms with Crippen LogP contribution in [-0.4, -0.2) is 26.8 Å². The van der Waals surface area contributed by atoms with E-state index >= 15 is 0 Å². The third kappa shape index (κ3) is 3.80. The minimum atomic E-state index is -0.110. The first kappa shape index (κ1) is 16.2. The minimum Gasteiger partial charge on any atom is -0.333 e. The van der Waals surface area contributed by atoms with Gasteiger partial charge in [-0.1, -0.05) is 23.9 Å². The molecule has 0 aliphatic heterocycles. The fraction of sp³-hybridized carbons (Fsp3) is 0.176. The molecule has 0 saturated heterocycles. The normalized spacial score (nSPS) is 10.6. The Balaban J connectivity index is 1.59. The van der Waals surface area contributed by atoms with Crippen molar-refractivity contribution in [3.05, 3.63) is 53.9 Å². The summed E-state index contributed by atoms with van der Waals surface area (Å²) >= 11 is 1.22. The smallest absolute Gasteiger partial charge is 0.260 e. The maximum Gasteiger partial charge on any atom is 0.260 e. The maximum absolute atomic E-state index is 12.1. The largest absolute Gasteiger partial charge is 0.333 e. The lowest BCUT2D eigenvalue weighted by atomic mass is 10.1. The van der Waals surface area contributed by atoms with E-state index in [9.17, 15) is 4.79 Å². The van der Waals surface area contributed by atoms with E-state index in [0.29, 0.717) is 11.0 Å². The predicted octanol–water partition coefficient (Wildman–Crippen LogP) is 3.48. The average Bonchev–Trinajstić information content (AvgIpc) is 3.07. The summed E-state index contributed by atoms with van der Waals surface area (Å²) in [7, 11) is 0. The number of benzene rings is 1. The van der Waals surface area contributed by atoms with Crippen LogP contribution in [0.1, 0.15) is 11.1 Å². The van der Waals surface area contributed by atoms with Crippen molar-refractivity contribution in [2.24, 2.45) is 0 Å². The van der Waals surface area contributed by atoms with E-state index < -0.39 is 0 Å². The number of rotatable bonds is 5. The van der Waals surface area contributed by atoms with E-state index in [4.69, 9.17) is 4.52 Å². The number of amides is 1. The second-order valence-electron chi connectivity index (χ2n) is 5.21. The number of nitrogens with one attached hydrogen (secondary N) is 1. The quantitative estimate of drug-likeness (QED) is 0.716. The zero-order chi connectivity index (χ0) is 16.9. The Morgan fingerprint density at radius 1 is 1.25 bits per heavy atom. The summed E-state index contributed by atoms with van der Waals surface area (Å²) in [6, 6.07) is 9.45. The summed E-state index contributed by atoms with van der Waals surface area (Å²) in [5.74, 6) is 0.487. The first-order valence-electron chi connectivity index (χ1n) is 7.36. The first-order chi connectivity index (χ1) is 11.6. The molecule has 3 aromatic rings. The summed E-state index contributed by atoms with van der Waals surface area (Å²) in [5.41, 5.74) is 3.77. The summed E-state index contributed by atoms with van der Waals surface area (Å²) in [6.07, 6.45) is 3.32. The Bertz CT molecular complexity index is 849. The van der Waals surface area contributed by atoms with Crippen LogP contribution in [0.5, 0.6) is 0 Å². The van der Waals surface area contributed by atoms with E-state index in [1.165, 1.54) is 11.8 Å². The fourth-order valence-electron chi connectivity index (χ4n) is 2.08.